The van der Waals surface area contributed by atoms with Crippen molar-refractivity contribution in [2.45, 2.75) is 39.3 Å². The molecular formula is C12H22N2. The third-order valence-corrected chi connectivity index (χ3v) is 3.03. The van der Waals surface area contributed by atoms with Gasteiger partial charge in [-0.2, -0.15) is 0 Å². The van der Waals surface area contributed by atoms with Crippen LogP contribution in [-0.2, 0) is 0 Å². The van der Waals surface area contributed by atoms with E-state index in [2.05, 4.69) is 44.3 Å². The molecule has 0 aromatic carbocycles. The molecule has 0 saturated carbocycles. The minimum atomic E-state index is 0.425. The molecule has 0 fully saturated rings. The van der Waals surface area contributed by atoms with Crippen molar-refractivity contribution in [2.75, 3.05) is 6.54 Å². The molecule has 0 aliphatic heterocycles. The highest BCUT2D eigenvalue weighted by atomic mass is 14.9. The summed E-state index contributed by atoms with van der Waals surface area (Å²) in [5.41, 5.74) is 6.82. The average Bonchev–Trinajstić information content (AvgIpc) is 2.52. The van der Waals surface area contributed by atoms with Crippen LogP contribution in [0.15, 0.2) is 23.8 Å². The number of allylic oxidation sites excluding steroid dienone is 1. The van der Waals surface area contributed by atoms with Crippen LogP contribution < -0.4 is 11.1 Å². The van der Waals surface area contributed by atoms with E-state index in [9.17, 15) is 0 Å². The van der Waals surface area contributed by atoms with Crippen LogP contribution in [0.25, 0.3) is 0 Å². The van der Waals surface area contributed by atoms with Crippen molar-refractivity contribution in [3.8, 4) is 0 Å². The molecule has 1 rings (SSSR count). The molecule has 14 heavy (non-hydrogen) atoms. The molecule has 80 valence electrons. The van der Waals surface area contributed by atoms with Gasteiger partial charge in [-0.3, -0.25) is 0 Å². The first-order valence-corrected chi connectivity index (χ1v) is 5.44. The fraction of sp³-hybridized carbons (Fsp3) is 0.667. The first kappa shape index (κ1) is 11.5. The summed E-state index contributed by atoms with van der Waals surface area (Å²) in [7, 11) is 0. The van der Waals surface area contributed by atoms with Crippen molar-refractivity contribution in [1.29, 1.82) is 0 Å². The van der Waals surface area contributed by atoms with Crippen molar-refractivity contribution in [2.24, 2.45) is 11.7 Å². The fourth-order valence-electron chi connectivity index (χ4n) is 1.78. The van der Waals surface area contributed by atoms with Crippen LogP contribution in [0.3, 0.4) is 0 Å². The number of nitrogens with two attached hydrogens (primary N) is 1. The molecule has 0 saturated heterocycles. The Kier molecular flexibility index (Phi) is 4.36. The van der Waals surface area contributed by atoms with Gasteiger partial charge in [-0.1, -0.05) is 30.7 Å². The van der Waals surface area contributed by atoms with E-state index in [0.717, 1.165) is 5.92 Å². The molecule has 0 heterocycles. The number of rotatable bonds is 4. The van der Waals surface area contributed by atoms with Crippen LogP contribution in [0.5, 0.6) is 0 Å². The standard InChI is InChI=1S/C12H22N2/c1-9(7-8-13)11(3)14-12-6-4-5-10(12)2/h4,6-7,10-12,14H,5,8,13H2,1-3H3/b9-7-. The molecule has 2 heteroatoms. The summed E-state index contributed by atoms with van der Waals surface area (Å²) in [5.74, 6) is 0.725. The SMILES string of the molecule is C/C(=C/CN)C(C)NC1C=CCC1C. The third-order valence-electron chi connectivity index (χ3n) is 3.03. The second-order valence-corrected chi connectivity index (χ2v) is 4.24. The number of nitrogens with one attached hydrogen (secondary N) is 1. The van der Waals surface area contributed by atoms with Gasteiger partial charge in [0.15, 0.2) is 0 Å². The Morgan fingerprint density at radius 3 is 2.93 bits per heavy atom. The molecule has 3 N–H and O–H groups in total. The molecule has 3 atom stereocenters. The second kappa shape index (κ2) is 5.32. The molecule has 0 aromatic heterocycles. The lowest BCUT2D eigenvalue weighted by atomic mass is 10.0. The van der Waals surface area contributed by atoms with E-state index in [1.807, 2.05) is 0 Å². The monoisotopic (exact) mass is 194 g/mol. The summed E-state index contributed by atoms with van der Waals surface area (Å²) < 4.78 is 0. The van der Waals surface area contributed by atoms with Gasteiger partial charge in [0.25, 0.3) is 0 Å². The highest BCUT2D eigenvalue weighted by Gasteiger charge is 2.19. The lowest BCUT2D eigenvalue weighted by Crippen LogP contribution is -2.38. The predicted molar refractivity (Wildman–Crippen MR) is 62.1 cm³/mol. The first-order chi connectivity index (χ1) is 6.65. The molecule has 0 spiro atoms. The first-order valence-electron chi connectivity index (χ1n) is 5.44. The summed E-state index contributed by atoms with van der Waals surface area (Å²) >= 11 is 0. The smallest absolute Gasteiger partial charge is 0.0284 e. The maximum absolute atomic E-state index is 5.48. The Hall–Kier alpha value is -0.600. The Morgan fingerprint density at radius 1 is 1.71 bits per heavy atom. The van der Waals surface area contributed by atoms with Gasteiger partial charge in [0.2, 0.25) is 0 Å². The van der Waals surface area contributed by atoms with E-state index in [4.69, 9.17) is 5.73 Å². The quantitative estimate of drug-likeness (QED) is 0.670. The van der Waals surface area contributed by atoms with Crippen molar-refractivity contribution in [1.82, 2.24) is 5.32 Å². The lowest BCUT2D eigenvalue weighted by Gasteiger charge is -2.22. The number of hydrogen-bond acceptors (Lipinski definition) is 2. The third kappa shape index (κ3) is 2.96. The van der Waals surface area contributed by atoms with Gasteiger partial charge in [-0.25, -0.2) is 0 Å². The van der Waals surface area contributed by atoms with Crippen LogP contribution >= 0.6 is 0 Å². The molecule has 2 nitrogen and oxygen atoms in total. The molecule has 1 aliphatic rings. The zero-order valence-electron chi connectivity index (χ0n) is 9.46. The second-order valence-electron chi connectivity index (χ2n) is 4.24. The zero-order valence-corrected chi connectivity index (χ0v) is 9.46. The molecular weight excluding hydrogens is 172 g/mol. The topological polar surface area (TPSA) is 38.0 Å². The van der Waals surface area contributed by atoms with Gasteiger partial charge in [-0.05, 0) is 26.2 Å². The molecule has 0 radical (unpaired) electrons. The van der Waals surface area contributed by atoms with Gasteiger partial charge in [-0.15, -0.1) is 0 Å². The average molecular weight is 194 g/mol. The molecule has 0 bridgehead atoms. The predicted octanol–water partition coefficient (Wildman–Crippen LogP) is 1.83. The maximum Gasteiger partial charge on any atom is 0.0284 e. The van der Waals surface area contributed by atoms with E-state index in [1.165, 1.54) is 12.0 Å². The number of hydrogen-bond donors (Lipinski definition) is 2. The highest BCUT2D eigenvalue weighted by Crippen LogP contribution is 2.18. The van der Waals surface area contributed by atoms with Crippen LogP contribution in [0.2, 0.25) is 0 Å². The van der Waals surface area contributed by atoms with E-state index < -0.39 is 0 Å². The van der Waals surface area contributed by atoms with E-state index in [1.54, 1.807) is 0 Å². The van der Waals surface area contributed by atoms with Crippen molar-refractivity contribution < 1.29 is 0 Å². The molecule has 3 unspecified atom stereocenters. The Bertz CT molecular complexity index is 230. The van der Waals surface area contributed by atoms with Crippen molar-refractivity contribution >= 4 is 0 Å². The Balaban J connectivity index is 2.43. The largest absolute Gasteiger partial charge is 0.327 e. The summed E-state index contributed by atoms with van der Waals surface area (Å²) in [6.07, 6.45) is 7.82. The van der Waals surface area contributed by atoms with Crippen LogP contribution in [-0.4, -0.2) is 18.6 Å². The normalized spacial score (nSPS) is 29.6. The van der Waals surface area contributed by atoms with Gasteiger partial charge in [0, 0.05) is 18.6 Å². The molecule has 0 amide bonds. The van der Waals surface area contributed by atoms with Crippen LogP contribution in [0, 0.1) is 5.92 Å². The molecule has 1 aliphatic carbocycles. The fourth-order valence-corrected chi connectivity index (χ4v) is 1.78. The summed E-state index contributed by atoms with van der Waals surface area (Å²) in [4.78, 5) is 0. The van der Waals surface area contributed by atoms with E-state index >= 15 is 0 Å². The summed E-state index contributed by atoms with van der Waals surface area (Å²) in [6.45, 7) is 7.24. The summed E-state index contributed by atoms with van der Waals surface area (Å²) in [6, 6.07) is 0.958. The highest BCUT2D eigenvalue weighted by molar-refractivity contribution is 5.11. The maximum atomic E-state index is 5.48. The minimum absolute atomic E-state index is 0.425. The zero-order chi connectivity index (χ0) is 10.6. The summed E-state index contributed by atoms with van der Waals surface area (Å²) in [5, 5.41) is 3.60. The van der Waals surface area contributed by atoms with Gasteiger partial charge < -0.3 is 11.1 Å². The van der Waals surface area contributed by atoms with Crippen molar-refractivity contribution in [3.63, 3.8) is 0 Å². The van der Waals surface area contributed by atoms with E-state index in [-0.39, 0.29) is 0 Å². The van der Waals surface area contributed by atoms with Gasteiger partial charge in [0.1, 0.15) is 0 Å². The Morgan fingerprint density at radius 2 is 2.43 bits per heavy atom. The van der Waals surface area contributed by atoms with Gasteiger partial charge in [0.05, 0.1) is 0 Å². The minimum Gasteiger partial charge on any atom is -0.327 e. The Labute approximate surface area is 87.3 Å². The van der Waals surface area contributed by atoms with E-state index in [0.29, 0.717) is 18.6 Å². The van der Waals surface area contributed by atoms with Crippen LogP contribution in [0.4, 0.5) is 0 Å². The van der Waals surface area contributed by atoms with Crippen LogP contribution in [0.1, 0.15) is 27.2 Å². The lowest BCUT2D eigenvalue weighted by molar-refractivity contribution is 0.435. The molecule has 0 aromatic rings. The van der Waals surface area contributed by atoms with Gasteiger partial charge >= 0.3 is 0 Å². The van der Waals surface area contributed by atoms with Crippen molar-refractivity contribution in [3.05, 3.63) is 23.8 Å².